The summed E-state index contributed by atoms with van der Waals surface area (Å²) < 4.78 is 34.8. The zero-order valence-corrected chi connectivity index (χ0v) is 6.49. The van der Waals surface area contributed by atoms with Gasteiger partial charge in [0, 0.05) is 0 Å². The summed E-state index contributed by atoms with van der Waals surface area (Å²) in [5.74, 6) is -2.10. The molecule has 0 fully saturated rings. The molecule has 3 nitrogen and oxygen atoms in total. The van der Waals surface area contributed by atoms with Gasteiger partial charge in [-0.3, -0.25) is 4.79 Å². The molecule has 0 saturated carbocycles. The van der Waals surface area contributed by atoms with Gasteiger partial charge in [0.05, 0.1) is 6.07 Å². The molecule has 6 heteroatoms. The second-order valence-corrected chi connectivity index (χ2v) is 2.69. The first kappa shape index (κ1) is 10.8. The van der Waals surface area contributed by atoms with Crippen LogP contribution in [0.2, 0.25) is 0 Å². The lowest BCUT2D eigenvalue weighted by atomic mass is 10.1. The number of alkyl halides is 3. The van der Waals surface area contributed by atoms with E-state index in [2.05, 4.69) is 0 Å². The Balaban J connectivity index is 4.33. The summed E-state index contributed by atoms with van der Waals surface area (Å²) in [7, 11) is 0. The van der Waals surface area contributed by atoms with E-state index in [0.717, 1.165) is 0 Å². The van der Waals surface area contributed by atoms with Crippen molar-refractivity contribution in [3.05, 3.63) is 0 Å². The Bertz CT molecular complexity index is 226. The lowest BCUT2D eigenvalue weighted by molar-refractivity contribution is -0.174. The van der Waals surface area contributed by atoms with Crippen LogP contribution in [0.3, 0.4) is 0 Å². The molecule has 1 amide bonds. The topological polar surface area (TPSA) is 52.9 Å². The number of hydrogen-bond acceptors (Lipinski definition) is 2. The maximum absolute atomic E-state index is 11.6. The summed E-state index contributed by atoms with van der Waals surface area (Å²) in [6.07, 6.45) is -4.94. The smallest absolute Gasteiger partial charge is 0.330 e. The third-order valence-electron chi connectivity index (χ3n) is 0.963. The van der Waals surface area contributed by atoms with Crippen LogP contribution in [-0.4, -0.2) is 17.6 Å². The average Bonchev–Trinajstić information content (AvgIpc) is 1.85. The van der Waals surface area contributed by atoms with Gasteiger partial charge in [0.1, 0.15) is 5.54 Å². The lowest BCUT2D eigenvalue weighted by Gasteiger charge is -2.18. The van der Waals surface area contributed by atoms with E-state index in [1.54, 1.807) is 0 Å². The van der Waals surface area contributed by atoms with Gasteiger partial charge in [-0.15, -0.1) is 0 Å². The predicted molar refractivity (Wildman–Crippen MR) is 33.9 cm³/mol. The predicted octanol–water partition coefficient (Wildman–Crippen LogP) is 0.967. The van der Waals surface area contributed by atoms with E-state index in [0.29, 0.717) is 0 Å². The molecule has 0 aliphatic rings. The standard InChI is InChI=1S/C6H7F3N2O/c1-5(2,3-10)11-4(12)6(7,8)9/h1-2H3,(H,11,12). The number of rotatable bonds is 1. The van der Waals surface area contributed by atoms with Crippen LogP contribution in [0, 0.1) is 11.3 Å². The second kappa shape index (κ2) is 3.01. The molecule has 0 aliphatic carbocycles. The van der Waals surface area contributed by atoms with Gasteiger partial charge in [-0.1, -0.05) is 0 Å². The normalized spacial score (nSPS) is 12.0. The molecule has 1 N–H and O–H groups in total. The number of hydrogen-bond donors (Lipinski definition) is 1. The third-order valence-corrected chi connectivity index (χ3v) is 0.963. The van der Waals surface area contributed by atoms with Gasteiger partial charge in [-0.05, 0) is 13.8 Å². The van der Waals surface area contributed by atoms with Crippen LogP contribution in [0.25, 0.3) is 0 Å². The fraction of sp³-hybridized carbons (Fsp3) is 0.667. The fourth-order valence-corrected chi connectivity index (χ4v) is 0.383. The van der Waals surface area contributed by atoms with E-state index in [4.69, 9.17) is 5.26 Å². The Morgan fingerprint density at radius 1 is 1.42 bits per heavy atom. The Morgan fingerprint density at radius 3 is 2.08 bits per heavy atom. The molecule has 0 aromatic carbocycles. The van der Waals surface area contributed by atoms with Crippen molar-refractivity contribution in [3.8, 4) is 6.07 Å². The first-order valence-electron chi connectivity index (χ1n) is 2.99. The molecule has 0 rings (SSSR count). The van der Waals surface area contributed by atoms with Gasteiger partial charge in [-0.25, -0.2) is 0 Å². The molecule has 0 aliphatic heterocycles. The lowest BCUT2D eigenvalue weighted by Crippen LogP contribution is -2.48. The zero-order chi connectivity index (χ0) is 9.99. The van der Waals surface area contributed by atoms with Crippen molar-refractivity contribution in [1.82, 2.24) is 5.32 Å². The molecule has 0 spiro atoms. The maximum Gasteiger partial charge on any atom is 0.471 e. The minimum atomic E-state index is -4.94. The summed E-state index contributed by atoms with van der Waals surface area (Å²) in [5, 5.41) is 9.80. The van der Waals surface area contributed by atoms with Crippen LogP contribution in [-0.2, 0) is 4.79 Å². The first-order valence-corrected chi connectivity index (χ1v) is 2.99. The SMILES string of the molecule is CC(C)(C#N)NC(=O)C(F)(F)F. The minimum absolute atomic E-state index is 1.18. The molecule has 0 atom stereocenters. The highest BCUT2D eigenvalue weighted by atomic mass is 19.4. The molecule has 0 heterocycles. The summed E-state index contributed by atoms with van der Waals surface area (Å²) in [6, 6.07) is 1.51. The van der Waals surface area contributed by atoms with E-state index < -0.39 is 17.6 Å². The molecular weight excluding hydrogens is 173 g/mol. The van der Waals surface area contributed by atoms with Crippen molar-refractivity contribution < 1.29 is 18.0 Å². The van der Waals surface area contributed by atoms with Gasteiger partial charge in [0.15, 0.2) is 0 Å². The molecule has 0 aromatic rings. The van der Waals surface area contributed by atoms with Crippen molar-refractivity contribution in [3.63, 3.8) is 0 Å². The molecule has 0 unspecified atom stereocenters. The highest BCUT2D eigenvalue weighted by Gasteiger charge is 2.41. The summed E-state index contributed by atoms with van der Waals surface area (Å²) >= 11 is 0. The molecule has 12 heavy (non-hydrogen) atoms. The van der Waals surface area contributed by atoms with Gasteiger partial charge in [-0.2, -0.15) is 18.4 Å². The highest BCUT2D eigenvalue weighted by molar-refractivity contribution is 5.82. The van der Waals surface area contributed by atoms with Crippen LogP contribution in [0.1, 0.15) is 13.8 Å². The van der Waals surface area contributed by atoms with Crippen molar-refractivity contribution in [2.75, 3.05) is 0 Å². The van der Waals surface area contributed by atoms with Crippen LogP contribution < -0.4 is 5.32 Å². The molecule has 0 radical (unpaired) electrons. The molecule has 0 bridgehead atoms. The minimum Gasteiger partial charge on any atom is -0.330 e. The maximum atomic E-state index is 11.6. The second-order valence-electron chi connectivity index (χ2n) is 2.69. The van der Waals surface area contributed by atoms with Crippen LogP contribution in [0.15, 0.2) is 0 Å². The molecular formula is C6H7F3N2O. The van der Waals surface area contributed by atoms with Gasteiger partial charge < -0.3 is 5.32 Å². The quantitative estimate of drug-likeness (QED) is 0.653. The van der Waals surface area contributed by atoms with Crippen molar-refractivity contribution in [2.45, 2.75) is 25.6 Å². The molecule has 0 aromatic heterocycles. The van der Waals surface area contributed by atoms with E-state index in [9.17, 15) is 18.0 Å². The zero-order valence-electron chi connectivity index (χ0n) is 6.49. The van der Waals surface area contributed by atoms with Gasteiger partial charge in [0.2, 0.25) is 0 Å². The Morgan fingerprint density at radius 2 is 1.83 bits per heavy atom. The van der Waals surface area contributed by atoms with E-state index in [1.165, 1.54) is 25.2 Å². The Labute approximate surface area is 67.2 Å². The number of carbonyl (C=O) groups is 1. The largest absolute Gasteiger partial charge is 0.471 e. The van der Waals surface area contributed by atoms with Gasteiger partial charge >= 0.3 is 12.1 Å². The van der Waals surface area contributed by atoms with E-state index in [-0.39, 0.29) is 0 Å². The number of carbonyl (C=O) groups excluding carboxylic acids is 1. The Hall–Kier alpha value is -1.25. The first-order chi connectivity index (χ1) is 5.19. The van der Waals surface area contributed by atoms with Crippen molar-refractivity contribution in [1.29, 1.82) is 5.26 Å². The van der Waals surface area contributed by atoms with Crippen LogP contribution in [0.5, 0.6) is 0 Å². The fourth-order valence-electron chi connectivity index (χ4n) is 0.383. The average molecular weight is 180 g/mol. The van der Waals surface area contributed by atoms with E-state index in [1.807, 2.05) is 0 Å². The molecule has 0 saturated heterocycles. The summed E-state index contributed by atoms with van der Waals surface area (Å²) in [4.78, 5) is 10.3. The number of nitriles is 1. The van der Waals surface area contributed by atoms with E-state index >= 15 is 0 Å². The summed E-state index contributed by atoms with van der Waals surface area (Å²) in [5.41, 5.74) is -1.49. The highest BCUT2D eigenvalue weighted by Crippen LogP contribution is 2.15. The van der Waals surface area contributed by atoms with Crippen molar-refractivity contribution >= 4 is 5.91 Å². The monoisotopic (exact) mass is 180 g/mol. The van der Waals surface area contributed by atoms with Crippen LogP contribution >= 0.6 is 0 Å². The molecule has 68 valence electrons. The summed E-state index contributed by atoms with van der Waals surface area (Å²) in [6.45, 7) is 2.35. The third kappa shape index (κ3) is 3.23. The number of amides is 1. The van der Waals surface area contributed by atoms with Crippen molar-refractivity contribution in [2.24, 2.45) is 0 Å². The Kier molecular flexibility index (Phi) is 2.70. The number of nitrogens with zero attached hydrogens (tertiary/aromatic N) is 1. The number of halogens is 3. The van der Waals surface area contributed by atoms with Gasteiger partial charge in [0.25, 0.3) is 0 Å². The van der Waals surface area contributed by atoms with Crippen LogP contribution in [0.4, 0.5) is 13.2 Å². The number of nitrogens with one attached hydrogen (secondary N) is 1.